The van der Waals surface area contributed by atoms with Crippen LogP contribution in [-0.2, 0) is 6.54 Å². The van der Waals surface area contributed by atoms with Crippen molar-refractivity contribution < 1.29 is 4.79 Å². The molecular formula is C24H29N5OS. The van der Waals surface area contributed by atoms with Gasteiger partial charge in [0.15, 0.2) is 0 Å². The molecule has 0 aliphatic carbocycles. The summed E-state index contributed by atoms with van der Waals surface area (Å²) in [5.74, 6) is 1.16. The summed E-state index contributed by atoms with van der Waals surface area (Å²) in [6, 6.07) is 10.4. The van der Waals surface area contributed by atoms with Crippen LogP contribution in [0.4, 0.5) is 5.69 Å². The van der Waals surface area contributed by atoms with Crippen molar-refractivity contribution in [3.05, 3.63) is 57.3 Å². The van der Waals surface area contributed by atoms with Crippen LogP contribution in [0.1, 0.15) is 51.9 Å². The number of allylic oxidation sites excluding steroid dienone is 1. The van der Waals surface area contributed by atoms with Crippen molar-refractivity contribution in [2.75, 3.05) is 31.5 Å². The quantitative estimate of drug-likeness (QED) is 0.752. The average molecular weight is 436 g/mol. The molecular weight excluding hydrogens is 406 g/mol. The molecule has 1 aromatic carbocycles. The molecule has 1 fully saturated rings. The molecule has 2 aliphatic rings. The van der Waals surface area contributed by atoms with Gasteiger partial charge in [0.2, 0.25) is 5.96 Å². The van der Waals surface area contributed by atoms with E-state index in [1.807, 2.05) is 23.2 Å². The molecule has 0 bridgehead atoms. The Balaban J connectivity index is 1.54. The number of hydrogen-bond donors (Lipinski definition) is 2. The maximum absolute atomic E-state index is 12.9. The number of guanidine groups is 1. The van der Waals surface area contributed by atoms with E-state index in [1.54, 1.807) is 11.3 Å². The van der Waals surface area contributed by atoms with Crippen molar-refractivity contribution in [2.45, 2.75) is 32.7 Å². The fourth-order valence-corrected chi connectivity index (χ4v) is 4.66. The van der Waals surface area contributed by atoms with Crippen molar-refractivity contribution in [2.24, 2.45) is 9.98 Å². The molecule has 6 nitrogen and oxygen atoms in total. The first kappa shape index (κ1) is 21.5. The van der Waals surface area contributed by atoms with Gasteiger partial charge in [0.25, 0.3) is 5.91 Å². The van der Waals surface area contributed by atoms with Gasteiger partial charge < -0.3 is 15.5 Å². The lowest BCUT2D eigenvalue weighted by molar-refractivity contribution is 0.0740. The van der Waals surface area contributed by atoms with Gasteiger partial charge in [-0.1, -0.05) is 32.1 Å². The smallest absolute Gasteiger partial charge is 0.264 e. The minimum absolute atomic E-state index is 0.117. The topological polar surface area (TPSA) is 69.1 Å². The van der Waals surface area contributed by atoms with E-state index in [2.05, 4.69) is 59.8 Å². The third-order valence-corrected chi connectivity index (χ3v) is 6.52. The molecule has 1 saturated heterocycles. The summed E-state index contributed by atoms with van der Waals surface area (Å²) in [5, 5.41) is 6.65. The Hall–Kier alpha value is -2.77. The number of fused-ring (bicyclic) bond motifs is 1. The number of rotatable bonds is 3. The average Bonchev–Trinajstić information content (AvgIpc) is 3.20. The Bertz CT molecular complexity index is 1010. The first-order valence-corrected chi connectivity index (χ1v) is 11.6. The highest BCUT2D eigenvalue weighted by molar-refractivity contribution is 7.15. The van der Waals surface area contributed by atoms with Gasteiger partial charge >= 0.3 is 0 Å². The monoisotopic (exact) mass is 435 g/mol. The Labute approximate surface area is 187 Å². The van der Waals surface area contributed by atoms with Gasteiger partial charge in [0, 0.05) is 49.4 Å². The molecule has 0 saturated carbocycles. The van der Waals surface area contributed by atoms with Crippen LogP contribution in [0.3, 0.4) is 0 Å². The number of thiophene rings is 1. The molecule has 2 N–H and O–H groups in total. The number of nitrogens with one attached hydrogen (secondary N) is 2. The van der Waals surface area contributed by atoms with Crippen molar-refractivity contribution in [1.82, 2.24) is 10.2 Å². The van der Waals surface area contributed by atoms with Crippen LogP contribution >= 0.6 is 11.3 Å². The Morgan fingerprint density at radius 1 is 1.23 bits per heavy atom. The number of carbonyl (C=O) groups is 1. The Morgan fingerprint density at radius 2 is 2.06 bits per heavy atom. The van der Waals surface area contributed by atoms with E-state index >= 15 is 0 Å². The zero-order chi connectivity index (χ0) is 21.6. The largest absolute Gasteiger partial charge is 0.335 e. The van der Waals surface area contributed by atoms with Crippen molar-refractivity contribution in [3.63, 3.8) is 0 Å². The Morgan fingerprint density at radius 3 is 2.87 bits per heavy atom. The number of piperazine rings is 1. The van der Waals surface area contributed by atoms with Crippen molar-refractivity contribution in [3.8, 4) is 0 Å². The fraction of sp³-hybridized carbons (Fsp3) is 0.375. The second kappa shape index (κ2) is 10.0. The van der Waals surface area contributed by atoms with Gasteiger partial charge in [0.1, 0.15) is 0 Å². The normalized spacial score (nSPS) is 20.5. The molecule has 2 aromatic rings. The molecule has 3 heterocycles. The van der Waals surface area contributed by atoms with Crippen LogP contribution in [0.2, 0.25) is 0 Å². The van der Waals surface area contributed by atoms with Crippen LogP contribution in [0.25, 0.3) is 6.08 Å². The summed E-state index contributed by atoms with van der Waals surface area (Å²) in [7, 11) is 0. The lowest BCUT2D eigenvalue weighted by Gasteiger charge is -2.26. The van der Waals surface area contributed by atoms with Crippen molar-refractivity contribution in [1.29, 1.82) is 0 Å². The van der Waals surface area contributed by atoms with Crippen LogP contribution in [-0.4, -0.2) is 49.2 Å². The number of nitrogens with zero attached hydrogens (tertiary/aromatic N) is 3. The number of carbonyl (C=O) groups excluding carboxylic acids is 1. The lowest BCUT2D eigenvalue weighted by Crippen LogP contribution is -2.46. The van der Waals surface area contributed by atoms with Crippen LogP contribution in [0.5, 0.6) is 0 Å². The maximum Gasteiger partial charge on any atom is 0.264 e. The van der Waals surface area contributed by atoms with E-state index in [0.717, 1.165) is 47.2 Å². The first-order valence-electron chi connectivity index (χ1n) is 10.8. The zero-order valence-corrected chi connectivity index (χ0v) is 18.9. The highest BCUT2D eigenvalue weighted by atomic mass is 32.1. The van der Waals surface area contributed by atoms with Gasteiger partial charge in [-0.15, -0.1) is 11.3 Å². The molecule has 162 valence electrons. The molecule has 1 amide bonds. The molecule has 7 heteroatoms. The predicted molar refractivity (Wildman–Crippen MR) is 131 cm³/mol. The van der Waals surface area contributed by atoms with E-state index in [9.17, 15) is 4.79 Å². The molecule has 0 atom stereocenters. The van der Waals surface area contributed by atoms with E-state index in [1.165, 1.54) is 5.56 Å². The molecule has 1 aromatic heterocycles. The minimum atomic E-state index is 0.117. The van der Waals surface area contributed by atoms with E-state index in [4.69, 9.17) is 4.99 Å². The SMILES string of the molecule is CC(C)c1cccc(NC2=N/Cc3cc(C(=O)N4CCNCC4)sc3/C=C\C/C=N\2)c1. The minimum Gasteiger partial charge on any atom is -0.335 e. The molecule has 2 aliphatic heterocycles. The summed E-state index contributed by atoms with van der Waals surface area (Å²) < 4.78 is 0. The van der Waals surface area contributed by atoms with E-state index < -0.39 is 0 Å². The second-order valence-corrected chi connectivity index (χ2v) is 9.12. The second-order valence-electron chi connectivity index (χ2n) is 8.04. The number of amides is 1. The molecule has 0 radical (unpaired) electrons. The number of aliphatic imine (C=N–C) groups is 2. The van der Waals surface area contributed by atoms with E-state index in [-0.39, 0.29) is 5.91 Å². The molecule has 0 unspecified atom stereocenters. The van der Waals surface area contributed by atoms with Crippen LogP contribution < -0.4 is 10.6 Å². The molecule has 0 spiro atoms. The molecule has 31 heavy (non-hydrogen) atoms. The zero-order valence-electron chi connectivity index (χ0n) is 18.1. The third-order valence-electron chi connectivity index (χ3n) is 5.39. The summed E-state index contributed by atoms with van der Waals surface area (Å²) in [6.07, 6.45) is 6.74. The highest BCUT2D eigenvalue weighted by Crippen LogP contribution is 2.27. The van der Waals surface area contributed by atoms with Crippen LogP contribution in [0.15, 0.2) is 46.4 Å². The van der Waals surface area contributed by atoms with E-state index in [0.29, 0.717) is 24.8 Å². The summed E-state index contributed by atoms with van der Waals surface area (Å²) >= 11 is 1.55. The Kier molecular flexibility index (Phi) is 6.94. The van der Waals surface area contributed by atoms with Crippen LogP contribution in [0, 0.1) is 0 Å². The van der Waals surface area contributed by atoms with Gasteiger partial charge in [-0.2, -0.15) is 0 Å². The van der Waals surface area contributed by atoms with Crippen molar-refractivity contribution >= 4 is 41.2 Å². The van der Waals surface area contributed by atoms with Gasteiger partial charge in [-0.05, 0) is 41.3 Å². The maximum atomic E-state index is 12.9. The van der Waals surface area contributed by atoms with Gasteiger partial charge in [-0.3, -0.25) is 4.79 Å². The highest BCUT2D eigenvalue weighted by Gasteiger charge is 2.21. The van der Waals surface area contributed by atoms with Gasteiger partial charge in [0.05, 0.1) is 11.4 Å². The molecule has 4 rings (SSSR count). The predicted octanol–water partition coefficient (Wildman–Crippen LogP) is 4.37. The summed E-state index contributed by atoms with van der Waals surface area (Å²) in [5.41, 5.74) is 3.32. The lowest BCUT2D eigenvalue weighted by atomic mass is 10.0. The fourth-order valence-electron chi connectivity index (χ4n) is 3.59. The number of anilines is 1. The first-order chi connectivity index (χ1) is 15.1. The summed E-state index contributed by atoms with van der Waals surface area (Å²) in [6.45, 7) is 8.06. The number of hydrogen-bond acceptors (Lipinski definition) is 6. The summed E-state index contributed by atoms with van der Waals surface area (Å²) in [4.78, 5) is 26.0. The third kappa shape index (κ3) is 5.48. The van der Waals surface area contributed by atoms with Gasteiger partial charge in [-0.25, -0.2) is 9.98 Å². The number of benzene rings is 1. The standard InChI is InChI=1S/C24H29N5OS/c1-17(2)18-6-5-7-20(14-18)28-24-26-9-4-3-8-21-19(16-27-24)15-22(31-21)23(30)29-12-10-25-11-13-29/h3,5-9,14-15,17,25H,4,10-13,16H2,1-2H3,(H,27,28)/b8-3-,26-9-.